The molecule has 1 amide bonds. The van der Waals surface area contributed by atoms with Crippen molar-refractivity contribution in [3.05, 3.63) is 30.3 Å². The van der Waals surface area contributed by atoms with Gasteiger partial charge in [-0.15, -0.1) is 0 Å². The van der Waals surface area contributed by atoms with Crippen LogP contribution in [0.1, 0.15) is 12.8 Å². The molecule has 0 bridgehead atoms. The molecule has 0 saturated carbocycles. The molecule has 1 heterocycles. The second-order valence-electron chi connectivity index (χ2n) is 5.69. The third-order valence-corrected chi connectivity index (χ3v) is 4.41. The van der Waals surface area contributed by atoms with Gasteiger partial charge in [-0.3, -0.25) is 4.79 Å². The van der Waals surface area contributed by atoms with Crippen LogP contribution in [0.25, 0.3) is 0 Å². The largest absolute Gasteiger partial charge is 0.376 e. The lowest BCUT2D eigenvalue weighted by atomic mass is 9.98. The number of para-hydroxylation sites is 1. The van der Waals surface area contributed by atoms with E-state index in [0.717, 1.165) is 31.3 Å². The third-order valence-electron chi connectivity index (χ3n) is 3.72. The molecular formula is C15H23N3O3S. The molecular weight excluding hydrogens is 302 g/mol. The van der Waals surface area contributed by atoms with Gasteiger partial charge in [-0.1, -0.05) is 18.2 Å². The fraction of sp³-hybridized carbons (Fsp3) is 0.533. The molecule has 1 aromatic carbocycles. The van der Waals surface area contributed by atoms with Gasteiger partial charge in [-0.2, -0.15) is 0 Å². The van der Waals surface area contributed by atoms with Crippen molar-refractivity contribution in [2.75, 3.05) is 37.8 Å². The number of nitrogens with one attached hydrogen (secondary N) is 2. The number of amides is 1. The zero-order chi connectivity index (χ0) is 16.0. The van der Waals surface area contributed by atoms with Gasteiger partial charge in [0, 0.05) is 25.3 Å². The molecule has 6 nitrogen and oxygen atoms in total. The maximum absolute atomic E-state index is 12.2. The number of hydrogen-bond acceptors (Lipinski definition) is 4. The molecule has 1 atom stereocenters. The molecule has 1 aliphatic heterocycles. The Kier molecular flexibility index (Phi) is 5.79. The number of carbonyl (C=O) groups is 1. The van der Waals surface area contributed by atoms with Crippen LogP contribution in [-0.2, 0) is 14.8 Å². The van der Waals surface area contributed by atoms with Crippen molar-refractivity contribution in [1.82, 2.24) is 9.62 Å². The summed E-state index contributed by atoms with van der Waals surface area (Å²) in [5.74, 6) is 0.233. The number of sulfonamides is 1. The van der Waals surface area contributed by atoms with E-state index in [-0.39, 0.29) is 18.4 Å². The average Bonchev–Trinajstić information content (AvgIpc) is 2.51. The monoisotopic (exact) mass is 325 g/mol. The van der Waals surface area contributed by atoms with E-state index in [1.54, 1.807) is 0 Å². The standard InChI is InChI=1S/C15H23N3O3S/c1-22(20,21)17-10-13-6-5-9-18(12-13)15(19)11-16-14-7-3-2-4-8-14/h2-4,7-8,13,16-17H,5-6,9-12H2,1H3. The lowest BCUT2D eigenvalue weighted by Gasteiger charge is -2.33. The molecule has 1 aliphatic rings. The highest BCUT2D eigenvalue weighted by atomic mass is 32.2. The molecule has 1 unspecified atom stereocenters. The molecule has 1 aromatic rings. The van der Waals surface area contributed by atoms with Gasteiger partial charge in [-0.05, 0) is 30.9 Å². The van der Waals surface area contributed by atoms with Crippen molar-refractivity contribution in [2.24, 2.45) is 5.92 Å². The Morgan fingerprint density at radius 2 is 2.05 bits per heavy atom. The van der Waals surface area contributed by atoms with Gasteiger partial charge in [0.15, 0.2) is 0 Å². The van der Waals surface area contributed by atoms with Crippen molar-refractivity contribution in [3.63, 3.8) is 0 Å². The molecule has 0 aliphatic carbocycles. The summed E-state index contributed by atoms with van der Waals surface area (Å²) in [4.78, 5) is 14.1. The number of benzene rings is 1. The molecule has 2 N–H and O–H groups in total. The number of hydrogen-bond donors (Lipinski definition) is 2. The summed E-state index contributed by atoms with van der Waals surface area (Å²) < 4.78 is 24.8. The fourth-order valence-corrected chi connectivity index (χ4v) is 3.11. The fourth-order valence-electron chi connectivity index (χ4n) is 2.57. The summed E-state index contributed by atoms with van der Waals surface area (Å²) in [5, 5.41) is 3.11. The third kappa shape index (κ3) is 5.65. The Balaban J connectivity index is 1.79. The first-order valence-electron chi connectivity index (χ1n) is 7.45. The average molecular weight is 325 g/mol. The van der Waals surface area contributed by atoms with Crippen molar-refractivity contribution in [3.8, 4) is 0 Å². The van der Waals surface area contributed by atoms with Crippen molar-refractivity contribution in [1.29, 1.82) is 0 Å². The highest BCUT2D eigenvalue weighted by molar-refractivity contribution is 7.88. The second kappa shape index (κ2) is 7.60. The lowest BCUT2D eigenvalue weighted by molar-refractivity contribution is -0.131. The first kappa shape index (κ1) is 16.8. The van der Waals surface area contributed by atoms with Gasteiger partial charge in [0.05, 0.1) is 12.8 Å². The number of rotatable bonds is 6. The van der Waals surface area contributed by atoms with Crippen LogP contribution in [0.15, 0.2) is 30.3 Å². The van der Waals surface area contributed by atoms with Crippen LogP contribution >= 0.6 is 0 Å². The molecule has 0 spiro atoms. The van der Waals surface area contributed by atoms with Gasteiger partial charge in [0.1, 0.15) is 0 Å². The second-order valence-corrected chi connectivity index (χ2v) is 7.52. The molecule has 1 saturated heterocycles. The van der Waals surface area contributed by atoms with Gasteiger partial charge in [0.25, 0.3) is 0 Å². The van der Waals surface area contributed by atoms with Crippen LogP contribution in [-0.4, -0.2) is 51.7 Å². The number of nitrogens with zero attached hydrogens (tertiary/aromatic N) is 1. The van der Waals surface area contributed by atoms with Crippen molar-refractivity contribution in [2.45, 2.75) is 12.8 Å². The van der Waals surface area contributed by atoms with Gasteiger partial charge < -0.3 is 10.2 Å². The van der Waals surface area contributed by atoms with Crippen molar-refractivity contribution < 1.29 is 13.2 Å². The smallest absolute Gasteiger partial charge is 0.241 e. The maximum atomic E-state index is 12.2. The predicted octanol–water partition coefficient (Wildman–Crippen LogP) is 0.886. The number of carbonyl (C=O) groups excluding carboxylic acids is 1. The Bertz CT molecular complexity index is 589. The highest BCUT2D eigenvalue weighted by Crippen LogP contribution is 2.16. The number of likely N-dealkylation sites (tertiary alicyclic amines) is 1. The molecule has 1 fully saturated rings. The Hall–Kier alpha value is -1.60. The summed E-state index contributed by atoms with van der Waals surface area (Å²) in [6.07, 6.45) is 3.01. The van der Waals surface area contributed by atoms with E-state index in [2.05, 4.69) is 10.0 Å². The Morgan fingerprint density at radius 1 is 1.32 bits per heavy atom. The molecule has 0 aromatic heterocycles. The SMILES string of the molecule is CS(=O)(=O)NCC1CCCN(C(=O)CNc2ccccc2)C1. The van der Waals surface area contributed by atoms with Crippen LogP contribution in [0.3, 0.4) is 0 Å². The molecule has 7 heteroatoms. The van der Waals surface area contributed by atoms with Gasteiger partial charge in [-0.25, -0.2) is 13.1 Å². The number of piperidine rings is 1. The number of anilines is 1. The lowest BCUT2D eigenvalue weighted by Crippen LogP contribution is -2.45. The van der Waals surface area contributed by atoms with E-state index in [9.17, 15) is 13.2 Å². The van der Waals surface area contributed by atoms with E-state index in [0.29, 0.717) is 13.1 Å². The Labute approximate surface area is 131 Å². The maximum Gasteiger partial charge on any atom is 0.241 e. The molecule has 0 radical (unpaired) electrons. The topological polar surface area (TPSA) is 78.5 Å². The predicted molar refractivity (Wildman–Crippen MR) is 87.1 cm³/mol. The van der Waals surface area contributed by atoms with Crippen LogP contribution in [0, 0.1) is 5.92 Å². The first-order chi connectivity index (χ1) is 10.4. The van der Waals surface area contributed by atoms with Crippen LogP contribution < -0.4 is 10.0 Å². The van der Waals surface area contributed by atoms with Crippen LogP contribution in [0.4, 0.5) is 5.69 Å². The molecule has 122 valence electrons. The van der Waals surface area contributed by atoms with E-state index in [1.807, 2.05) is 35.2 Å². The van der Waals surface area contributed by atoms with Crippen LogP contribution in [0.5, 0.6) is 0 Å². The summed E-state index contributed by atoms with van der Waals surface area (Å²) in [6.45, 7) is 2.01. The molecule has 2 rings (SSSR count). The van der Waals surface area contributed by atoms with E-state index in [1.165, 1.54) is 0 Å². The normalized spacial score (nSPS) is 19.0. The van der Waals surface area contributed by atoms with Crippen molar-refractivity contribution >= 4 is 21.6 Å². The van der Waals surface area contributed by atoms with E-state index >= 15 is 0 Å². The Morgan fingerprint density at radius 3 is 2.73 bits per heavy atom. The van der Waals surface area contributed by atoms with E-state index in [4.69, 9.17) is 0 Å². The molecule has 22 heavy (non-hydrogen) atoms. The quantitative estimate of drug-likeness (QED) is 0.814. The van der Waals surface area contributed by atoms with E-state index < -0.39 is 10.0 Å². The van der Waals surface area contributed by atoms with Gasteiger partial charge >= 0.3 is 0 Å². The van der Waals surface area contributed by atoms with Gasteiger partial charge in [0.2, 0.25) is 15.9 Å². The minimum absolute atomic E-state index is 0.0490. The minimum Gasteiger partial charge on any atom is -0.376 e. The zero-order valence-electron chi connectivity index (χ0n) is 12.8. The summed E-state index contributed by atoms with van der Waals surface area (Å²) in [6, 6.07) is 9.60. The zero-order valence-corrected chi connectivity index (χ0v) is 13.6. The summed E-state index contributed by atoms with van der Waals surface area (Å²) in [7, 11) is -3.17. The highest BCUT2D eigenvalue weighted by Gasteiger charge is 2.23. The first-order valence-corrected chi connectivity index (χ1v) is 9.34. The summed E-state index contributed by atoms with van der Waals surface area (Å²) in [5.41, 5.74) is 0.920. The van der Waals surface area contributed by atoms with Crippen LogP contribution in [0.2, 0.25) is 0 Å². The summed E-state index contributed by atoms with van der Waals surface area (Å²) >= 11 is 0. The minimum atomic E-state index is -3.17.